The Kier molecular flexibility index (Phi) is 5.85. The van der Waals surface area contributed by atoms with E-state index in [1.807, 2.05) is 30.3 Å². The van der Waals surface area contributed by atoms with Gasteiger partial charge in [-0.15, -0.1) is 10.2 Å². The van der Waals surface area contributed by atoms with Crippen molar-refractivity contribution >= 4 is 23.4 Å². The molecule has 29 heavy (non-hydrogen) atoms. The zero-order chi connectivity index (χ0) is 20.2. The standard InChI is InChI=1S/C22H24N4O2S/c1-3-26-21(17-13-16(17)15-9-5-4-6-10-15)24-25-22(26)29-14-20(27)23-18-11-7-8-12-19(18)28-2/h4-12,16-17H,3,13-14H2,1-2H3,(H,23,27). The highest BCUT2D eigenvalue weighted by Gasteiger charge is 2.43. The van der Waals surface area contributed by atoms with E-state index in [-0.39, 0.29) is 11.7 Å². The van der Waals surface area contributed by atoms with Crippen molar-refractivity contribution in [2.75, 3.05) is 18.2 Å². The van der Waals surface area contributed by atoms with Gasteiger partial charge < -0.3 is 14.6 Å². The minimum Gasteiger partial charge on any atom is -0.495 e. The van der Waals surface area contributed by atoms with Gasteiger partial charge in [-0.25, -0.2) is 0 Å². The van der Waals surface area contributed by atoms with E-state index in [9.17, 15) is 4.79 Å². The summed E-state index contributed by atoms with van der Waals surface area (Å²) in [6, 6.07) is 17.9. The van der Waals surface area contributed by atoms with Gasteiger partial charge in [0.15, 0.2) is 5.16 Å². The van der Waals surface area contributed by atoms with Gasteiger partial charge in [-0.3, -0.25) is 4.79 Å². The van der Waals surface area contributed by atoms with Crippen molar-refractivity contribution in [1.29, 1.82) is 0 Å². The van der Waals surface area contributed by atoms with Crippen LogP contribution in [0.5, 0.6) is 5.75 Å². The van der Waals surface area contributed by atoms with Crippen LogP contribution >= 0.6 is 11.8 Å². The lowest BCUT2D eigenvalue weighted by Gasteiger charge is -2.10. The van der Waals surface area contributed by atoms with Crippen molar-refractivity contribution in [3.8, 4) is 5.75 Å². The molecule has 2 atom stereocenters. The van der Waals surface area contributed by atoms with E-state index in [0.717, 1.165) is 23.9 Å². The second-order valence-electron chi connectivity index (χ2n) is 6.98. The van der Waals surface area contributed by atoms with E-state index >= 15 is 0 Å². The number of carbonyl (C=O) groups excluding carboxylic acids is 1. The first kappa shape index (κ1) is 19.5. The highest BCUT2D eigenvalue weighted by molar-refractivity contribution is 7.99. The topological polar surface area (TPSA) is 69.0 Å². The number of nitrogens with zero attached hydrogens (tertiary/aromatic N) is 3. The molecule has 2 aromatic carbocycles. The van der Waals surface area contributed by atoms with E-state index in [1.54, 1.807) is 7.11 Å². The summed E-state index contributed by atoms with van der Waals surface area (Å²) >= 11 is 1.41. The molecule has 1 aliphatic rings. The van der Waals surface area contributed by atoms with Crippen LogP contribution in [-0.4, -0.2) is 33.5 Å². The lowest BCUT2D eigenvalue weighted by molar-refractivity contribution is -0.113. The summed E-state index contributed by atoms with van der Waals surface area (Å²) in [6.07, 6.45) is 1.10. The zero-order valence-electron chi connectivity index (χ0n) is 16.5. The molecule has 1 N–H and O–H groups in total. The molecular weight excluding hydrogens is 384 g/mol. The number of benzene rings is 2. The molecular formula is C22H24N4O2S. The van der Waals surface area contributed by atoms with Crippen molar-refractivity contribution in [3.05, 3.63) is 66.0 Å². The van der Waals surface area contributed by atoms with Gasteiger partial charge in [0.25, 0.3) is 0 Å². The fourth-order valence-corrected chi connectivity index (χ4v) is 4.40. The smallest absolute Gasteiger partial charge is 0.234 e. The molecule has 1 heterocycles. The predicted octanol–water partition coefficient (Wildman–Crippen LogP) is 4.31. The van der Waals surface area contributed by atoms with E-state index in [0.29, 0.717) is 23.3 Å². The van der Waals surface area contributed by atoms with Gasteiger partial charge in [0, 0.05) is 12.5 Å². The van der Waals surface area contributed by atoms with E-state index in [1.165, 1.54) is 17.3 Å². The molecule has 1 saturated carbocycles. The summed E-state index contributed by atoms with van der Waals surface area (Å²) in [5.74, 6) is 2.75. The highest BCUT2D eigenvalue weighted by atomic mass is 32.2. The van der Waals surface area contributed by atoms with E-state index in [2.05, 4.69) is 51.3 Å². The number of carbonyl (C=O) groups is 1. The van der Waals surface area contributed by atoms with Crippen LogP contribution in [-0.2, 0) is 11.3 Å². The van der Waals surface area contributed by atoms with Crippen LogP contribution in [0.3, 0.4) is 0 Å². The fourth-order valence-electron chi connectivity index (χ4n) is 3.59. The van der Waals surface area contributed by atoms with Gasteiger partial charge in [0.2, 0.25) is 5.91 Å². The highest BCUT2D eigenvalue weighted by Crippen LogP contribution is 2.54. The Balaban J connectivity index is 1.39. The molecule has 1 aromatic heterocycles. The zero-order valence-corrected chi connectivity index (χ0v) is 17.4. The van der Waals surface area contributed by atoms with Crippen molar-refractivity contribution < 1.29 is 9.53 Å². The molecule has 3 aromatic rings. The number of nitrogens with one attached hydrogen (secondary N) is 1. The fraction of sp³-hybridized carbons (Fsp3) is 0.318. The van der Waals surface area contributed by atoms with Crippen molar-refractivity contribution in [1.82, 2.24) is 14.8 Å². The van der Waals surface area contributed by atoms with Gasteiger partial charge in [-0.1, -0.05) is 54.2 Å². The molecule has 6 nitrogen and oxygen atoms in total. The predicted molar refractivity (Wildman–Crippen MR) is 115 cm³/mol. The van der Waals surface area contributed by atoms with Crippen LogP contribution in [0.25, 0.3) is 0 Å². The molecule has 7 heteroatoms. The summed E-state index contributed by atoms with van der Waals surface area (Å²) in [7, 11) is 1.59. The number of ether oxygens (including phenoxy) is 1. The molecule has 0 bridgehead atoms. The first-order chi connectivity index (χ1) is 14.2. The first-order valence-electron chi connectivity index (χ1n) is 9.75. The second kappa shape index (κ2) is 8.69. The molecule has 1 fully saturated rings. The first-order valence-corrected chi connectivity index (χ1v) is 10.7. The third-order valence-corrected chi connectivity index (χ3v) is 6.09. The average Bonchev–Trinajstić information content (AvgIpc) is 3.45. The minimum atomic E-state index is -0.0970. The maximum atomic E-state index is 12.4. The van der Waals surface area contributed by atoms with E-state index in [4.69, 9.17) is 4.74 Å². The maximum Gasteiger partial charge on any atom is 0.234 e. The summed E-state index contributed by atoms with van der Waals surface area (Å²) in [6.45, 7) is 2.88. The molecule has 1 aliphatic carbocycles. The normalized spacial score (nSPS) is 17.7. The Morgan fingerprint density at radius 2 is 1.90 bits per heavy atom. The molecule has 0 radical (unpaired) electrons. The van der Waals surface area contributed by atoms with Crippen molar-refractivity contribution in [2.24, 2.45) is 0 Å². The van der Waals surface area contributed by atoms with Crippen LogP contribution < -0.4 is 10.1 Å². The SMILES string of the molecule is CCn1c(SCC(=O)Nc2ccccc2OC)nnc1C1CC1c1ccccc1. The molecule has 0 aliphatic heterocycles. The summed E-state index contributed by atoms with van der Waals surface area (Å²) in [5, 5.41) is 12.5. The maximum absolute atomic E-state index is 12.4. The quantitative estimate of drug-likeness (QED) is 0.563. The number of thioether (sulfide) groups is 1. The Bertz CT molecular complexity index is 989. The number of para-hydroxylation sites is 2. The Hall–Kier alpha value is -2.80. The number of rotatable bonds is 8. The Labute approximate surface area is 174 Å². The number of hydrogen-bond donors (Lipinski definition) is 1. The number of aromatic nitrogens is 3. The van der Waals surface area contributed by atoms with Crippen molar-refractivity contribution in [2.45, 2.75) is 36.9 Å². The van der Waals surface area contributed by atoms with Crippen LogP contribution in [0.2, 0.25) is 0 Å². The van der Waals surface area contributed by atoms with Crippen LogP contribution in [0, 0.1) is 0 Å². The molecule has 150 valence electrons. The van der Waals surface area contributed by atoms with Crippen LogP contribution in [0.15, 0.2) is 59.8 Å². The van der Waals surface area contributed by atoms with Crippen LogP contribution in [0.4, 0.5) is 5.69 Å². The molecule has 2 unspecified atom stereocenters. The minimum absolute atomic E-state index is 0.0970. The Morgan fingerprint density at radius 1 is 1.14 bits per heavy atom. The average molecular weight is 409 g/mol. The Morgan fingerprint density at radius 3 is 2.66 bits per heavy atom. The number of methoxy groups -OCH3 is 1. The summed E-state index contributed by atoms with van der Waals surface area (Å²) in [4.78, 5) is 12.4. The number of hydrogen-bond acceptors (Lipinski definition) is 5. The summed E-state index contributed by atoms with van der Waals surface area (Å²) < 4.78 is 7.41. The number of amides is 1. The van der Waals surface area contributed by atoms with Gasteiger partial charge in [-0.2, -0.15) is 0 Å². The van der Waals surface area contributed by atoms with Gasteiger partial charge in [-0.05, 0) is 37.0 Å². The molecule has 4 rings (SSSR count). The molecule has 0 saturated heterocycles. The van der Waals surface area contributed by atoms with Gasteiger partial charge >= 0.3 is 0 Å². The molecule has 0 spiro atoms. The largest absolute Gasteiger partial charge is 0.495 e. The third-order valence-electron chi connectivity index (χ3n) is 5.12. The monoisotopic (exact) mass is 408 g/mol. The van der Waals surface area contributed by atoms with Crippen LogP contribution in [0.1, 0.15) is 36.6 Å². The van der Waals surface area contributed by atoms with Crippen molar-refractivity contribution in [3.63, 3.8) is 0 Å². The third kappa shape index (κ3) is 4.29. The van der Waals surface area contributed by atoms with E-state index < -0.39 is 0 Å². The van der Waals surface area contributed by atoms with Gasteiger partial charge in [0.1, 0.15) is 11.6 Å². The second-order valence-corrected chi connectivity index (χ2v) is 7.92. The molecule has 1 amide bonds. The number of anilines is 1. The lowest BCUT2D eigenvalue weighted by Crippen LogP contribution is -2.15. The lowest BCUT2D eigenvalue weighted by atomic mass is 10.1. The summed E-state index contributed by atoms with van der Waals surface area (Å²) in [5.41, 5.74) is 2.02. The van der Waals surface area contributed by atoms with Gasteiger partial charge in [0.05, 0.1) is 18.6 Å².